The van der Waals surface area contributed by atoms with Crippen LogP contribution in [0.15, 0.2) is 9.64 Å². The molecule has 0 saturated heterocycles. The van der Waals surface area contributed by atoms with Crippen LogP contribution in [0.1, 0.15) is 44.9 Å². The van der Waals surface area contributed by atoms with Gasteiger partial charge >= 0.3 is 0 Å². The van der Waals surface area contributed by atoms with Crippen molar-refractivity contribution in [1.29, 1.82) is 0 Å². The molecule has 17 heavy (non-hydrogen) atoms. The van der Waals surface area contributed by atoms with Gasteiger partial charge in [-0.1, -0.05) is 18.7 Å². The molecule has 1 heterocycles. The van der Waals surface area contributed by atoms with Crippen LogP contribution in [0, 0.1) is 0 Å². The molecule has 0 bridgehead atoms. The second-order valence-corrected chi connectivity index (χ2v) is 5.27. The van der Waals surface area contributed by atoms with Crippen LogP contribution in [-0.2, 0) is 4.79 Å². The molecular formula is C11H17N3O2S. The van der Waals surface area contributed by atoms with Crippen molar-refractivity contribution in [2.24, 2.45) is 0 Å². The lowest BCUT2D eigenvalue weighted by Crippen LogP contribution is -2.33. The molecule has 5 nitrogen and oxygen atoms in total. The second kappa shape index (κ2) is 5.53. The van der Waals surface area contributed by atoms with Crippen molar-refractivity contribution in [1.82, 2.24) is 15.5 Å². The maximum Gasteiger partial charge on any atom is 0.277 e. The Morgan fingerprint density at radius 3 is 3.00 bits per heavy atom. The Morgan fingerprint density at radius 2 is 2.35 bits per heavy atom. The van der Waals surface area contributed by atoms with Crippen molar-refractivity contribution in [3.05, 3.63) is 5.89 Å². The minimum Gasteiger partial charge on any atom is -0.416 e. The van der Waals surface area contributed by atoms with Gasteiger partial charge in [0.2, 0.25) is 11.8 Å². The highest BCUT2D eigenvalue weighted by Gasteiger charge is 2.29. The first-order valence-corrected chi connectivity index (χ1v) is 6.93. The number of aromatic nitrogens is 2. The molecule has 0 spiro atoms. The van der Waals surface area contributed by atoms with Crippen LogP contribution in [0.2, 0.25) is 0 Å². The van der Waals surface area contributed by atoms with Crippen LogP contribution in [0.4, 0.5) is 0 Å². The number of amides is 1. The SMILES string of the molecule is CC[C@@H](C)NC(=O)CSc1nnc(C2CC2)o1. The smallest absolute Gasteiger partial charge is 0.277 e. The highest BCUT2D eigenvalue weighted by atomic mass is 32.2. The van der Waals surface area contributed by atoms with Crippen molar-refractivity contribution in [3.63, 3.8) is 0 Å². The van der Waals surface area contributed by atoms with Crippen molar-refractivity contribution in [3.8, 4) is 0 Å². The summed E-state index contributed by atoms with van der Waals surface area (Å²) in [6.45, 7) is 4.03. The normalized spacial score (nSPS) is 16.8. The van der Waals surface area contributed by atoms with E-state index >= 15 is 0 Å². The van der Waals surface area contributed by atoms with E-state index < -0.39 is 0 Å². The topological polar surface area (TPSA) is 68.0 Å². The third-order valence-corrected chi connectivity index (χ3v) is 3.51. The molecule has 1 aromatic heterocycles. The van der Waals surface area contributed by atoms with Gasteiger partial charge in [-0.2, -0.15) is 0 Å². The lowest BCUT2D eigenvalue weighted by Gasteiger charge is -2.09. The molecule has 1 saturated carbocycles. The lowest BCUT2D eigenvalue weighted by atomic mass is 10.3. The standard InChI is InChI=1S/C11H17N3O2S/c1-3-7(2)12-9(15)6-17-11-14-13-10(16-11)8-4-5-8/h7-8H,3-6H2,1-2H3,(H,12,15)/t7-/m1/s1. The molecule has 1 atom stereocenters. The fraction of sp³-hybridized carbons (Fsp3) is 0.727. The molecule has 1 N–H and O–H groups in total. The van der Waals surface area contributed by atoms with Crippen LogP contribution in [0.25, 0.3) is 0 Å². The van der Waals surface area contributed by atoms with Gasteiger partial charge in [0.15, 0.2) is 0 Å². The first-order valence-electron chi connectivity index (χ1n) is 5.94. The van der Waals surface area contributed by atoms with E-state index in [1.807, 2.05) is 13.8 Å². The molecule has 0 radical (unpaired) electrons. The largest absolute Gasteiger partial charge is 0.416 e. The lowest BCUT2D eigenvalue weighted by molar-refractivity contribution is -0.119. The summed E-state index contributed by atoms with van der Waals surface area (Å²) in [5, 5.41) is 11.3. The average molecular weight is 255 g/mol. The van der Waals surface area contributed by atoms with E-state index in [4.69, 9.17) is 4.42 Å². The second-order valence-electron chi connectivity index (χ2n) is 4.35. The van der Waals surface area contributed by atoms with E-state index in [-0.39, 0.29) is 11.9 Å². The van der Waals surface area contributed by atoms with Crippen LogP contribution in [-0.4, -0.2) is 27.9 Å². The molecule has 1 amide bonds. The first kappa shape index (κ1) is 12.4. The summed E-state index contributed by atoms with van der Waals surface area (Å²) in [5.41, 5.74) is 0. The quantitative estimate of drug-likeness (QED) is 0.787. The molecule has 94 valence electrons. The van der Waals surface area contributed by atoms with Gasteiger partial charge in [0.05, 0.1) is 5.75 Å². The number of thioether (sulfide) groups is 1. The fourth-order valence-corrected chi connectivity index (χ4v) is 1.90. The van der Waals surface area contributed by atoms with Gasteiger partial charge in [-0.3, -0.25) is 4.79 Å². The Balaban J connectivity index is 1.74. The number of hydrogen-bond acceptors (Lipinski definition) is 5. The van der Waals surface area contributed by atoms with Crippen LogP contribution in [0.5, 0.6) is 0 Å². The summed E-state index contributed by atoms with van der Waals surface area (Å²) in [6, 6.07) is 0.216. The van der Waals surface area contributed by atoms with E-state index in [0.29, 0.717) is 16.9 Å². The zero-order chi connectivity index (χ0) is 12.3. The minimum atomic E-state index is 0.00974. The Bertz CT molecular complexity index is 390. The monoisotopic (exact) mass is 255 g/mol. The van der Waals surface area contributed by atoms with Crippen LogP contribution in [0.3, 0.4) is 0 Å². The van der Waals surface area contributed by atoms with Gasteiger partial charge in [-0.15, -0.1) is 10.2 Å². The predicted molar refractivity (Wildman–Crippen MR) is 64.9 cm³/mol. The number of nitrogens with zero attached hydrogens (tertiary/aromatic N) is 2. The van der Waals surface area contributed by atoms with Crippen molar-refractivity contribution >= 4 is 17.7 Å². The Morgan fingerprint density at radius 1 is 1.59 bits per heavy atom. The van der Waals surface area contributed by atoms with Gasteiger partial charge in [0.1, 0.15) is 0 Å². The van der Waals surface area contributed by atoms with Crippen LogP contribution >= 0.6 is 11.8 Å². The fourth-order valence-electron chi connectivity index (χ4n) is 1.32. The summed E-state index contributed by atoms with van der Waals surface area (Å²) in [5.74, 6) is 1.52. The van der Waals surface area contributed by atoms with Gasteiger partial charge in [0, 0.05) is 12.0 Å². The number of carbonyl (C=O) groups is 1. The van der Waals surface area contributed by atoms with Crippen LogP contribution < -0.4 is 5.32 Å². The molecule has 2 rings (SSSR count). The van der Waals surface area contributed by atoms with Gasteiger partial charge in [0.25, 0.3) is 5.22 Å². The summed E-state index contributed by atoms with van der Waals surface area (Å²) in [4.78, 5) is 11.5. The third kappa shape index (κ3) is 3.73. The highest BCUT2D eigenvalue weighted by Crippen LogP contribution is 2.39. The Hall–Kier alpha value is -1.04. The summed E-state index contributed by atoms with van der Waals surface area (Å²) < 4.78 is 5.45. The molecule has 1 fully saturated rings. The Labute approximate surface area is 105 Å². The van der Waals surface area contributed by atoms with E-state index in [2.05, 4.69) is 15.5 Å². The summed E-state index contributed by atoms with van der Waals surface area (Å²) in [6.07, 6.45) is 3.21. The maximum atomic E-state index is 11.5. The first-order chi connectivity index (χ1) is 8.19. The molecule has 6 heteroatoms. The molecule has 1 aliphatic rings. The van der Waals surface area contributed by atoms with Crippen molar-refractivity contribution in [2.45, 2.75) is 50.3 Å². The molecule has 0 unspecified atom stereocenters. The van der Waals surface area contributed by atoms with E-state index in [9.17, 15) is 4.79 Å². The molecule has 1 aromatic rings. The zero-order valence-electron chi connectivity index (χ0n) is 10.1. The molecule has 0 aliphatic heterocycles. The number of carbonyl (C=O) groups excluding carboxylic acids is 1. The van der Waals surface area contributed by atoms with Gasteiger partial charge in [-0.05, 0) is 26.2 Å². The van der Waals surface area contributed by atoms with E-state index in [1.54, 1.807) is 0 Å². The van der Waals surface area contributed by atoms with Gasteiger partial charge in [-0.25, -0.2) is 0 Å². The van der Waals surface area contributed by atoms with Gasteiger partial charge < -0.3 is 9.73 Å². The van der Waals surface area contributed by atoms with E-state index in [1.165, 1.54) is 11.8 Å². The molecule has 0 aromatic carbocycles. The average Bonchev–Trinajstić information content (AvgIpc) is 3.06. The number of rotatable bonds is 6. The minimum absolute atomic E-state index is 0.00974. The zero-order valence-corrected chi connectivity index (χ0v) is 10.9. The highest BCUT2D eigenvalue weighted by molar-refractivity contribution is 7.99. The number of nitrogens with one attached hydrogen (secondary N) is 1. The number of hydrogen-bond donors (Lipinski definition) is 1. The third-order valence-electron chi connectivity index (χ3n) is 2.70. The van der Waals surface area contributed by atoms with Crippen molar-refractivity contribution < 1.29 is 9.21 Å². The Kier molecular flexibility index (Phi) is 4.04. The molecule has 1 aliphatic carbocycles. The maximum absolute atomic E-state index is 11.5. The van der Waals surface area contributed by atoms with Crippen molar-refractivity contribution in [2.75, 3.05) is 5.75 Å². The molecular weight excluding hydrogens is 238 g/mol. The van der Waals surface area contributed by atoms with E-state index in [0.717, 1.165) is 25.2 Å². The predicted octanol–water partition coefficient (Wildman–Crippen LogP) is 1.95. The summed E-state index contributed by atoms with van der Waals surface area (Å²) in [7, 11) is 0. The summed E-state index contributed by atoms with van der Waals surface area (Å²) >= 11 is 1.29.